The minimum absolute atomic E-state index is 0.186. The van der Waals surface area contributed by atoms with Gasteiger partial charge in [0.2, 0.25) is 0 Å². The van der Waals surface area contributed by atoms with Crippen molar-refractivity contribution in [1.29, 1.82) is 0 Å². The zero-order chi connectivity index (χ0) is 20.7. The smallest absolute Gasteiger partial charge is 0.162 e. The van der Waals surface area contributed by atoms with Crippen molar-refractivity contribution in [2.24, 2.45) is 0 Å². The SMILES string of the molecule is COc1cc2[nH]c3c(N4CCN(c5ccccc5F)CC4)ncnc3c2cc1OC. The number of para-hydroxylation sites is 1. The van der Waals surface area contributed by atoms with Crippen molar-refractivity contribution in [3.05, 3.63) is 48.5 Å². The maximum absolute atomic E-state index is 14.1. The van der Waals surface area contributed by atoms with Gasteiger partial charge in [-0.1, -0.05) is 12.1 Å². The van der Waals surface area contributed by atoms with Crippen LogP contribution in [-0.2, 0) is 0 Å². The minimum atomic E-state index is -0.186. The first-order chi connectivity index (χ1) is 14.7. The molecule has 154 valence electrons. The molecule has 0 unspecified atom stereocenters. The number of ether oxygens (including phenoxy) is 2. The summed E-state index contributed by atoms with van der Waals surface area (Å²) in [6.07, 6.45) is 1.59. The zero-order valence-corrected chi connectivity index (χ0v) is 16.9. The number of piperazine rings is 1. The quantitative estimate of drug-likeness (QED) is 0.558. The number of hydrogen-bond acceptors (Lipinski definition) is 6. The van der Waals surface area contributed by atoms with Gasteiger partial charge in [0, 0.05) is 37.6 Å². The Balaban J connectivity index is 1.49. The third kappa shape index (κ3) is 2.96. The summed E-state index contributed by atoms with van der Waals surface area (Å²) in [6, 6.07) is 10.8. The Labute approximate surface area is 173 Å². The van der Waals surface area contributed by atoms with Crippen LogP contribution in [0.15, 0.2) is 42.7 Å². The summed E-state index contributed by atoms with van der Waals surface area (Å²) >= 11 is 0. The van der Waals surface area contributed by atoms with Crippen molar-refractivity contribution < 1.29 is 13.9 Å². The summed E-state index contributed by atoms with van der Waals surface area (Å²) in [6.45, 7) is 2.91. The van der Waals surface area contributed by atoms with E-state index in [-0.39, 0.29) is 5.82 Å². The Hall–Kier alpha value is -3.55. The lowest BCUT2D eigenvalue weighted by Crippen LogP contribution is -2.47. The number of anilines is 2. The van der Waals surface area contributed by atoms with Gasteiger partial charge in [-0.05, 0) is 18.2 Å². The molecule has 1 aliphatic rings. The Bertz CT molecular complexity index is 1220. The highest BCUT2D eigenvalue weighted by Gasteiger charge is 2.23. The predicted molar refractivity (Wildman–Crippen MR) is 115 cm³/mol. The Morgan fingerprint density at radius 3 is 2.37 bits per heavy atom. The molecule has 7 nitrogen and oxygen atoms in total. The summed E-state index contributed by atoms with van der Waals surface area (Å²) in [5, 5.41) is 0.955. The molecule has 0 spiro atoms. The summed E-state index contributed by atoms with van der Waals surface area (Å²) < 4.78 is 25.0. The Morgan fingerprint density at radius 1 is 0.933 bits per heavy atom. The van der Waals surface area contributed by atoms with Gasteiger partial charge >= 0.3 is 0 Å². The topological polar surface area (TPSA) is 66.5 Å². The minimum Gasteiger partial charge on any atom is -0.493 e. The van der Waals surface area contributed by atoms with Crippen LogP contribution in [-0.4, -0.2) is 55.4 Å². The molecule has 1 fully saturated rings. The molecule has 5 rings (SSSR count). The number of H-pyrrole nitrogens is 1. The van der Waals surface area contributed by atoms with E-state index in [0.717, 1.165) is 40.8 Å². The van der Waals surface area contributed by atoms with Gasteiger partial charge in [0.25, 0.3) is 0 Å². The average Bonchev–Trinajstić information content (AvgIpc) is 3.16. The van der Waals surface area contributed by atoms with Crippen molar-refractivity contribution >= 4 is 33.4 Å². The lowest BCUT2D eigenvalue weighted by Gasteiger charge is -2.36. The molecule has 8 heteroatoms. The number of rotatable bonds is 4. The van der Waals surface area contributed by atoms with Gasteiger partial charge in [-0.15, -0.1) is 0 Å². The highest BCUT2D eigenvalue weighted by molar-refractivity contribution is 6.09. The highest BCUT2D eigenvalue weighted by atomic mass is 19.1. The fraction of sp³-hybridized carbons (Fsp3) is 0.273. The fourth-order valence-electron chi connectivity index (χ4n) is 4.12. The van der Waals surface area contributed by atoms with Gasteiger partial charge < -0.3 is 24.3 Å². The monoisotopic (exact) mass is 407 g/mol. The highest BCUT2D eigenvalue weighted by Crippen LogP contribution is 2.37. The Kier molecular flexibility index (Phi) is 4.54. The standard InChI is InChI=1S/C22H22FN5O2/c1-29-18-11-14-16(12-19(18)30-2)26-21-20(14)24-13-25-22(21)28-9-7-27(8-10-28)17-6-4-3-5-15(17)23/h3-6,11-13,26H,7-10H2,1-2H3. The van der Waals surface area contributed by atoms with Crippen molar-refractivity contribution in [2.75, 3.05) is 50.2 Å². The third-order valence-corrected chi connectivity index (χ3v) is 5.64. The number of aromatic amines is 1. The number of methoxy groups -OCH3 is 2. The van der Waals surface area contributed by atoms with Crippen LogP contribution in [0.1, 0.15) is 0 Å². The number of hydrogen-bond donors (Lipinski definition) is 1. The van der Waals surface area contributed by atoms with E-state index in [1.165, 1.54) is 6.07 Å². The van der Waals surface area contributed by atoms with E-state index >= 15 is 0 Å². The molecule has 0 saturated carbocycles. The number of aromatic nitrogens is 3. The van der Waals surface area contributed by atoms with Gasteiger partial charge in [0.05, 0.1) is 25.4 Å². The van der Waals surface area contributed by atoms with Crippen LogP contribution in [0.5, 0.6) is 11.5 Å². The van der Waals surface area contributed by atoms with Gasteiger partial charge in [-0.2, -0.15) is 0 Å². The molecule has 0 radical (unpaired) electrons. The van der Waals surface area contributed by atoms with Gasteiger partial charge in [-0.3, -0.25) is 0 Å². The second kappa shape index (κ2) is 7.37. The van der Waals surface area contributed by atoms with Crippen LogP contribution < -0.4 is 19.3 Å². The molecular formula is C22H22FN5O2. The second-order valence-corrected chi connectivity index (χ2v) is 7.22. The Morgan fingerprint density at radius 2 is 1.63 bits per heavy atom. The summed E-state index contributed by atoms with van der Waals surface area (Å²) in [5.74, 6) is 1.98. The molecule has 2 aromatic carbocycles. The van der Waals surface area contributed by atoms with Crippen LogP contribution in [0.3, 0.4) is 0 Å². The number of fused-ring (bicyclic) bond motifs is 3. The summed E-state index contributed by atoms with van der Waals surface area (Å²) in [5.41, 5.74) is 3.28. The van der Waals surface area contributed by atoms with E-state index in [1.54, 1.807) is 26.6 Å². The van der Waals surface area contributed by atoms with Crippen molar-refractivity contribution in [1.82, 2.24) is 15.0 Å². The molecule has 0 atom stereocenters. The van der Waals surface area contributed by atoms with E-state index < -0.39 is 0 Å². The molecule has 30 heavy (non-hydrogen) atoms. The lowest BCUT2D eigenvalue weighted by molar-refractivity contribution is 0.356. The third-order valence-electron chi connectivity index (χ3n) is 5.64. The first kappa shape index (κ1) is 18.5. The van der Waals surface area contributed by atoms with Gasteiger partial charge in [0.1, 0.15) is 23.2 Å². The summed E-state index contributed by atoms with van der Waals surface area (Å²) in [4.78, 5) is 16.8. The molecule has 0 bridgehead atoms. The normalized spacial score (nSPS) is 14.5. The van der Waals surface area contributed by atoms with E-state index in [0.29, 0.717) is 30.3 Å². The molecule has 1 aliphatic heterocycles. The van der Waals surface area contributed by atoms with Crippen LogP contribution in [0.4, 0.5) is 15.9 Å². The summed E-state index contributed by atoms with van der Waals surface area (Å²) in [7, 11) is 3.24. The lowest BCUT2D eigenvalue weighted by atomic mass is 10.2. The molecule has 1 saturated heterocycles. The molecule has 0 aliphatic carbocycles. The second-order valence-electron chi connectivity index (χ2n) is 7.22. The average molecular weight is 407 g/mol. The van der Waals surface area contributed by atoms with Gasteiger partial charge in [-0.25, -0.2) is 14.4 Å². The predicted octanol–water partition coefficient (Wildman–Crippen LogP) is 3.59. The van der Waals surface area contributed by atoms with Gasteiger partial charge in [0.15, 0.2) is 17.3 Å². The van der Waals surface area contributed by atoms with Crippen LogP contribution in [0.25, 0.3) is 21.9 Å². The molecule has 1 N–H and O–H groups in total. The number of halogens is 1. The van der Waals surface area contributed by atoms with Crippen LogP contribution >= 0.6 is 0 Å². The number of benzene rings is 2. The van der Waals surface area contributed by atoms with Crippen molar-refractivity contribution in [2.45, 2.75) is 0 Å². The fourth-order valence-corrected chi connectivity index (χ4v) is 4.12. The van der Waals surface area contributed by atoms with Crippen LogP contribution in [0.2, 0.25) is 0 Å². The maximum atomic E-state index is 14.1. The first-order valence-electron chi connectivity index (χ1n) is 9.82. The first-order valence-corrected chi connectivity index (χ1v) is 9.82. The molecule has 0 amide bonds. The number of nitrogens with zero attached hydrogens (tertiary/aromatic N) is 4. The number of nitrogens with one attached hydrogen (secondary N) is 1. The van der Waals surface area contributed by atoms with E-state index in [4.69, 9.17) is 9.47 Å². The molecular weight excluding hydrogens is 385 g/mol. The zero-order valence-electron chi connectivity index (χ0n) is 16.9. The maximum Gasteiger partial charge on any atom is 0.162 e. The van der Waals surface area contributed by atoms with E-state index in [2.05, 4.69) is 24.8 Å². The van der Waals surface area contributed by atoms with Crippen molar-refractivity contribution in [3.63, 3.8) is 0 Å². The van der Waals surface area contributed by atoms with Crippen LogP contribution in [0, 0.1) is 5.82 Å². The largest absolute Gasteiger partial charge is 0.493 e. The van der Waals surface area contributed by atoms with Crippen molar-refractivity contribution in [3.8, 4) is 11.5 Å². The molecule has 3 heterocycles. The van der Waals surface area contributed by atoms with E-state index in [1.807, 2.05) is 24.3 Å². The van der Waals surface area contributed by atoms with E-state index in [9.17, 15) is 4.39 Å². The molecule has 4 aromatic rings. The molecule has 2 aromatic heterocycles.